The maximum atomic E-state index is 9.98. The second kappa shape index (κ2) is 6.34. The van der Waals surface area contributed by atoms with Crippen molar-refractivity contribution < 1.29 is 9.42 Å². The SMILES string of the molecule is CCN(CC)P(O)(=[Se])OCC(C)C. The molecule has 1 atom stereocenters. The minimum atomic E-state index is -2.40. The number of hydrogen-bond acceptors (Lipinski definition) is 3. The molecule has 5 heteroatoms. The molecule has 0 aliphatic carbocycles. The third-order valence-corrected chi connectivity index (χ3v) is 5.55. The quantitative estimate of drug-likeness (QED) is 0.591. The van der Waals surface area contributed by atoms with Gasteiger partial charge >= 0.3 is 88.6 Å². The van der Waals surface area contributed by atoms with Crippen LogP contribution >= 0.6 is 6.11 Å². The molecule has 0 fully saturated rings. The predicted octanol–water partition coefficient (Wildman–Crippen LogP) is 1.84. The fourth-order valence-electron chi connectivity index (χ4n) is 0.909. The fraction of sp³-hybridized carbons (Fsp3) is 1.00. The molecule has 0 aromatic rings. The van der Waals surface area contributed by atoms with Gasteiger partial charge in [0.2, 0.25) is 0 Å². The molecule has 0 radical (unpaired) electrons. The van der Waals surface area contributed by atoms with Crippen LogP contribution in [0.5, 0.6) is 0 Å². The molecule has 1 N–H and O–H groups in total. The zero-order valence-electron chi connectivity index (χ0n) is 8.86. The molecule has 0 spiro atoms. The second-order valence-corrected chi connectivity index (χ2v) is 8.12. The topological polar surface area (TPSA) is 32.7 Å². The Kier molecular flexibility index (Phi) is 6.74. The first-order chi connectivity index (χ1) is 5.94. The minimum absolute atomic E-state index is 0.454. The van der Waals surface area contributed by atoms with E-state index in [0.717, 1.165) is 13.1 Å². The van der Waals surface area contributed by atoms with E-state index >= 15 is 0 Å². The Labute approximate surface area is 88.9 Å². The average molecular weight is 272 g/mol. The van der Waals surface area contributed by atoms with E-state index in [1.54, 1.807) is 0 Å². The van der Waals surface area contributed by atoms with E-state index < -0.39 is 6.11 Å². The van der Waals surface area contributed by atoms with Gasteiger partial charge in [-0.05, 0) is 0 Å². The van der Waals surface area contributed by atoms with Gasteiger partial charge in [0.1, 0.15) is 0 Å². The maximum absolute atomic E-state index is 9.98. The average Bonchev–Trinajstić information content (AvgIpc) is 2.03. The van der Waals surface area contributed by atoms with Gasteiger partial charge in [-0.2, -0.15) is 0 Å². The summed E-state index contributed by atoms with van der Waals surface area (Å²) < 4.78 is 7.41. The molecule has 0 rings (SSSR count). The van der Waals surface area contributed by atoms with Gasteiger partial charge in [-0.3, -0.25) is 0 Å². The van der Waals surface area contributed by atoms with E-state index in [0.29, 0.717) is 12.5 Å². The first-order valence-corrected chi connectivity index (χ1v) is 8.49. The van der Waals surface area contributed by atoms with E-state index in [9.17, 15) is 4.89 Å². The molecule has 0 aromatic heterocycles. The normalized spacial score (nSPS) is 16.5. The van der Waals surface area contributed by atoms with Crippen LogP contribution in [0, 0.1) is 5.92 Å². The summed E-state index contributed by atoms with van der Waals surface area (Å²) in [5.74, 6) is 0.454. The van der Waals surface area contributed by atoms with E-state index in [4.69, 9.17) is 4.52 Å². The van der Waals surface area contributed by atoms with Crippen molar-refractivity contribution in [2.75, 3.05) is 19.7 Å². The zero-order chi connectivity index (χ0) is 10.5. The predicted molar refractivity (Wildman–Crippen MR) is 58.6 cm³/mol. The summed E-state index contributed by atoms with van der Waals surface area (Å²) >= 11 is 2.78. The number of hydrogen-bond donors (Lipinski definition) is 1. The summed E-state index contributed by atoms with van der Waals surface area (Å²) in [6, 6.07) is 0. The van der Waals surface area contributed by atoms with Gasteiger partial charge in [0, 0.05) is 0 Å². The van der Waals surface area contributed by atoms with Crippen molar-refractivity contribution in [2.24, 2.45) is 5.92 Å². The summed E-state index contributed by atoms with van der Waals surface area (Å²) in [4.78, 5) is 9.98. The van der Waals surface area contributed by atoms with Crippen LogP contribution in [0.3, 0.4) is 0 Å². The summed E-state index contributed by atoms with van der Waals surface area (Å²) in [5, 5.41) is 0. The molecule has 1 unspecified atom stereocenters. The molecular formula is C8H20NO2PSe. The summed E-state index contributed by atoms with van der Waals surface area (Å²) in [6.07, 6.45) is -2.40. The van der Waals surface area contributed by atoms with Gasteiger partial charge < -0.3 is 0 Å². The first-order valence-electron chi connectivity index (χ1n) is 4.66. The van der Waals surface area contributed by atoms with Crippen molar-refractivity contribution >= 4 is 21.2 Å². The Morgan fingerprint density at radius 2 is 1.85 bits per heavy atom. The van der Waals surface area contributed by atoms with Crippen LogP contribution in [0.2, 0.25) is 0 Å². The molecule has 0 saturated carbocycles. The van der Waals surface area contributed by atoms with Crippen LogP contribution in [0.1, 0.15) is 27.7 Å². The molecule has 0 heterocycles. The van der Waals surface area contributed by atoms with Crippen LogP contribution in [0.15, 0.2) is 0 Å². The Morgan fingerprint density at radius 3 is 2.15 bits per heavy atom. The van der Waals surface area contributed by atoms with E-state index in [1.807, 2.05) is 18.5 Å². The van der Waals surface area contributed by atoms with Crippen LogP contribution in [0.4, 0.5) is 0 Å². The number of nitrogens with zero attached hydrogens (tertiary/aromatic N) is 1. The van der Waals surface area contributed by atoms with Crippen molar-refractivity contribution in [3.63, 3.8) is 0 Å². The molecule has 0 aromatic carbocycles. The van der Waals surface area contributed by atoms with Gasteiger partial charge in [0.15, 0.2) is 0 Å². The van der Waals surface area contributed by atoms with Crippen molar-refractivity contribution in [1.82, 2.24) is 4.67 Å². The van der Waals surface area contributed by atoms with Gasteiger partial charge in [-0.25, -0.2) is 0 Å². The second-order valence-electron chi connectivity index (χ2n) is 3.32. The Balaban J connectivity index is 4.12. The van der Waals surface area contributed by atoms with Crippen LogP contribution in [-0.2, 0) is 4.52 Å². The zero-order valence-corrected chi connectivity index (χ0v) is 11.5. The Bertz CT molecular complexity index is 183. The van der Waals surface area contributed by atoms with Crippen LogP contribution in [-0.4, -0.2) is 44.4 Å². The van der Waals surface area contributed by atoms with Gasteiger partial charge in [-0.15, -0.1) is 0 Å². The molecule has 80 valence electrons. The molecule has 0 aliphatic rings. The summed E-state index contributed by atoms with van der Waals surface area (Å²) in [7, 11) is 0. The Morgan fingerprint density at radius 1 is 1.38 bits per heavy atom. The van der Waals surface area contributed by atoms with Crippen molar-refractivity contribution in [3.8, 4) is 0 Å². The van der Waals surface area contributed by atoms with Crippen molar-refractivity contribution in [3.05, 3.63) is 0 Å². The standard InChI is InChI=1S/C8H20NO2PSe/c1-5-9(6-2)12(10,13)11-7-8(3)4/h8H,5-7H2,1-4H3,(H,10,13). The summed E-state index contributed by atoms with van der Waals surface area (Å²) in [6.45, 7) is 10.4. The van der Waals surface area contributed by atoms with Crippen molar-refractivity contribution in [2.45, 2.75) is 27.7 Å². The van der Waals surface area contributed by atoms with Crippen LogP contribution in [0.25, 0.3) is 0 Å². The molecule has 3 nitrogen and oxygen atoms in total. The van der Waals surface area contributed by atoms with Crippen LogP contribution < -0.4 is 0 Å². The summed E-state index contributed by atoms with van der Waals surface area (Å²) in [5.41, 5.74) is 0. The molecule has 0 amide bonds. The Hall–Kier alpha value is 0.829. The van der Waals surface area contributed by atoms with Crippen molar-refractivity contribution in [1.29, 1.82) is 0 Å². The third-order valence-electron chi connectivity index (χ3n) is 1.66. The molecule has 0 saturated heterocycles. The van der Waals surface area contributed by atoms with E-state index in [1.165, 1.54) is 0 Å². The monoisotopic (exact) mass is 273 g/mol. The van der Waals surface area contributed by atoms with E-state index in [-0.39, 0.29) is 0 Å². The number of rotatable bonds is 6. The van der Waals surface area contributed by atoms with Gasteiger partial charge in [0.25, 0.3) is 0 Å². The molecule has 0 bridgehead atoms. The van der Waals surface area contributed by atoms with Gasteiger partial charge in [0.05, 0.1) is 0 Å². The molecule has 13 heavy (non-hydrogen) atoms. The molecule has 0 aliphatic heterocycles. The molecular weight excluding hydrogens is 252 g/mol. The van der Waals surface area contributed by atoms with Gasteiger partial charge in [-0.1, -0.05) is 0 Å². The van der Waals surface area contributed by atoms with E-state index in [2.05, 4.69) is 28.9 Å². The fourth-order valence-corrected chi connectivity index (χ4v) is 4.12. The first kappa shape index (κ1) is 13.8. The third kappa shape index (κ3) is 5.31.